The van der Waals surface area contributed by atoms with Gasteiger partial charge in [-0.3, -0.25) is 0 Å². The van der Waals surface area contributed by atoms with Crippen LogP contribution in [0.2, 0.25) is 0 Å². The monoisotopic (exact) mass is 220 g/mol. The number of rotatable bonds is 8. The summed E-state index contributed by atoms with van der Waals surface area (Å²) >= 11 is 0. The van der Waals surface area contributed by atoms with E-state index in [1.807, 2.05) is 0 Å². The molecule has 0 fully saturated rings. The highest BCUT2D eigenvalue weighted by atomic mass is 14.9. The van der Waals surface area contributed by atoms with Crippen LogP contribution in [0.25, 0.3) is 0 Å². The van der Waals surface area contributed by atoms with Crippen molar-refractivity contribution in [3.63, 3.8) is 0 Å². The number of aryl methyl sites for hydroxylation is 1. The van der Waals surface area contributed by atoms with Crippen LogP contribution < -0.4 is 10.6 Å². The van der Waals surface area contributed by atoms with Crippen molar-refractivity contribution in [2.75, 3.05) is 19.6 Å². The fraction of sp³-hybridized carbons (Fsp3) is 0.571. The van der Waals surface area contributed by atoms with Crippen LogP contribution in [0, 0.1) is 0 Å². The molecule has 0 aromatic heterocycles. The van der Waals surface area contributed by atoms with Gasteiger partial charge >= 0.3 is 0 Å². The Hall–Kier alpha value is -0.860. The molecular weight excluding hydrogens is 196 g/mol. The predicted octanol–water partition coefficient (Wildman–Crippen LogP) is 2.34. The van der Waals surface area contributed by atoms with E-state index in [1.54, 1.807) is 0 Å². The average molecular weight is 220 g/mol. The molecule has 0 aliphatic heterocycles. The van der Waals surface area contributed by atoms with Crippen molar-refractivity contribution in [3.05, 3.63) is 35.4 Å². The molecular formula is C14H24N2. The molecule has 2 heteroatoms. The van der Waals surface area contributed by atoms with Crippen LogP contribution in [0.5, 0.6) is 0 Å². The molecule has 0 spiro atoms. The molecule has 2 N–H and O–H groups in total. The third-order valence-corrected chi connectivity index (χ3v) is 2.67. The lowest BCUT2D eigenvalue weighted by molar-refractivity contribution is 0.606. The molecule has 0 unspecified atom stereocenters. The molecule has 0 saturated heterocycles. The van der Waals surface area contributed by atoms with E-state index in [2.05, 4.69) is 48.7 Å². The topological polar surface area (TPSA) is 24.1 Å². The summed E-state index contributed by atoms with van der Waals surface area (Å²) in [7, 11) is 0. The van der Waals surface area contributed by atoms with Crippen LogP contribution in [0.3, 0.4) is 0 Å². The van der Waals surface area contributed by atoms with Gasteiger partial charge in [-0.05, 0) is 30.5 Å². The fourth-order valence-corrected chi connectivity index (χ4v) is 1.60. The highest BCUT2D eigenvalue weighted by Gasteiger charge is 1.93. The molecule has 90 valence electrons. The van der Waals surface area contributed by atoms with E-state index in [9.17, 15) is 0 Å². The van der Waals surface area contributed by atoms with Gasteiger partial charge in [0, 0.05) is 19.6 Å². The van der Waals surface area contributed by atoms with Crippen LogP contribution in [-0.2, 0) is 13.0 Å². The Morgan fingerprint density at radius 3 is 2.06 bits per heavy atom. The Bertz CT molecular complexity index is 267. The lowest BCUT2D eigenvalue weighted by Gasteiger charge is -2.06. The minimum Gasteiger partial charge on any atom is -0.315 e. The second-order valence-electron chi connectivity index (χ2n) is 4.10. The Balaban J connectivity index is 2.12. The first-order chi connectivity index (χ1) is 7.86. The van der Waals surface area contributed by atoms with Gasteiger partial charge in [-0.2, -0.15) is 0 Å². The standard InChI is InChI=1S/C14H24N2/c1-3-9-15-10-11-16-12-14-7-5-13(4-2)6-8-14/h5-8,15-16H,3-4,9-12H2,1-2H3. The average Bonchev–Trinajstić information content (AvgIpc) is 2.34. The van der Waals surface area contributed by atoms with Crippen molar-refractivity contribution in [2.45, 2.75) is 33.2 Å². The van der Waals surface area contributed by atoms with Crippen molar-refractivity contribution in [3.8, 4) is 0 Å². The number of nitrogens with one attached hydrogen (secondary N) is 2. The minimum absolute atomic E-state index is 0.970. The van der Waals surface area contributed by atoms with Crippen LogP contribution in [0.15, 0.2) is 24.3 Å². The lowest BCUT2D eigenvalue weighted by Crippen LogP contribution is -2.27. The minimum atomic E-state index is 0.970. The first-order valence-corrected chi connectivity index (χ1v) is 6.36. The molecule has 0 heterocycles. The molecule has 0 aliphatic rings. The molecule has 0 amide bonds. The van der Waals surface area contributed by atoms with Crippen LogP contribution in [0.1, 0.15) is 31.4 Å². The summed E-state index contributed by atoms with van der Waals surface area (Å²) in [6.45, 7) is 8.56. The maximum Gasteiger partial charge on any atom is 0.0206 e. The maximum absolute atomic E-state index is 3.44. The van der Waals surface area contributed by atoms with E-state index in [0.29, 0.717) is 0 Å². The van der Waals surface area contributed by atoms with E-state index < -0.39 is 0 Å². The van der Waals surface area contributed by atoms with Crippen LogP contribution >= 0.6 is 0 Å². The molecule has 0 saturated carbocycles. The van der Waals surface area contributed by atoms with Crippen molar-refractivity contribution in [1.82, 2.24) is 10.6 Å². The third kappa shape index (κ3) is 5.29. The maximum atomic E-state index is 3.44. The number of hydrogen-bond acceptors (Lipinski definition) is 2. The van der Waals surface area contributed by atoms with Crippen molar-refractivity contribution in [2.24, 2.45) is 0 Å². The summed E-state index contributed by atoms with van der Waals surface area (Å²) in [6, 6.07) is 8.86. The largest absolute Gasteiger partial charge is 0.315 e. The lowest BCUT2D eigenvalue weighted by atomic mass is 10.1. The smallest absolute Gasteiger partial charge is 0.0206 e. The van der Waals surface area contributed by atoms with Crippen molar-refractivity contribution < 1.29 is 0 Å². The molecule has 0 bridgehead atoms. The van der Waals surface area contributed by atoms with E-state index in [4.69, 9.17) is 0 Å². The first kappa shape index (κ1) is 13.2. The normalized spacial score (nSPS) is 10.6. The molecule has 0 aliphatic carbocycles. The third-order valence-electron chi connectivity index (χ3n) is 2.67. The zero-order chi connectivity index (χ0) is 11.6. The SMILES string of the molecule is CCCNCCNCc1ccc(CC)cc1. The summed E-state index contributed by atoms with van der Waals surface area (Å²) in [5.74, 6) is 0. The summed E-state index contributed by atoms with van der Waals surface area (Å²) < 4.78 is 0. The van der Waals surface area contributed by atoms with Gasteiger partial charge in [0.1, 0.15) is 0 Å². The molecule has 16 heavy (non-hydrogen) atoms. The van der Waals surface area contributed by atoms with Gasteiger partial charge in [0.05, 0.1) is 0 Å². The zero-order valence-corrected chi connectivity index (χ0v) is 10.6. The quantitative estimate of drug-likeness (QED) is 0.657. The molecule has 0 atom stereocenters. The fourth-order valence-electron chi connectivity index (χ4n) is 1.60. The number of hydrogen-bond donors (Lipinski definition) is 2. The van der Waals surface area contributed by atoms with Crippen LogP contribution in [0.4, 0.5) is 0 Å². The van der Waals surface area contributed by atoms with Crippen molar-refractivity contribution >= 4 is 0 Å². The summed E-state index contributed by atoms with van der Waals surface area (Å²) in [5, 5.41) is 6.81. The summed E-state index contributed by atoms with van der Waals surface area (Å²) in [4.78, 5) is 0. The molecule has 1 aromatic rings. The second kappa shape index (κ2) is 8.31. The molecule has 1 aromatic carbocycles. The van der Waals surface area contributed by atoms with Gasteiger partial charge in [-0.15, -0.1) is 0 Å². The highest BCUT2D eigenvalue weighted by Crippen LogP contribution is 2.04. The predicted molar refractivity (Wildman–Crippen MR) is 70.7 cm³/mol. The summed E-state index contributed by atoms with van der Waals surface area (Å²) in [6.07, 6.45) is 2.33. The molecule has 2 nitrogen and oxygen atoms in total. The Morgan fingerprint density at radius 2 is 1.44 bits per heavy atom. The zero-order valence-electron chi connectivity index (χ0n) is 10.6. The van der Waals surface area contributed by atoms with Gasteiger partial charge in [-0.1, -0.05) is 38.1 Å². The van der Waals surface area contributed by atoms with E-state index in [1.165, 1.54) is 17.5 Å². The Labute approximate surface area is 99.5 Å². The van der Waals surface area contributed by atoms with Crippen LogP contribution in [-0.4, -0.2) is 19.6 Å². The van der Waals surface area contributed by atoms with E-state index in [0.717, 1.165) is 32.6 Å². The summed E-state index contributed by atoms with van der Waals surface area (Å²) in [5.41, 5.74) is 2.78. The van der Waals surface area contributed by atoms with Gasteiger partial charge < -0.3 is 10.6 Å². The Kier molecular flexibility index (Phi) is 6.86. The van der Waals surface area contributed by atoms with Gasteiger partial charge in [0.25, 0.3) is 0 Å². The molecule has 0 radical (unpaired) electrons. The molecule has 1 rings (SSSR count). The van der Waals surface area contributed by atoms with Gasteiger partial charge in [-0.25, -0.2) is 0 Å². The van der Waals surface area contributed by atoms with Gasteiger partial charge in [0.2, 0.25) is 0 Å². The van der Waals surface area contributed by atoms with E-state index >= 15 is 0 Å². The van der Waals surface area contributed by atoms with Crippen molar-refractivity contribution in [1.29, 1.82) is 0 Å². The first-order valence-electron chi connectivity index (χ1n) is 6.36. The second-order valence-corrected chi connectivity index (χ2v) is 4.10. The highest BCUT2D eigenvalue weighted by molar-refractivity contribution is 5.22. The number of benzene rings is 1. The Morgan fingerprint density at radius 1 is 0.812 bits per heavy atom. The van der Waals surface area contributed by atoms with E-state index in [-0.39, 0.29) is 0 Å². The van der Waals surface area contributed by atoms with Gasteiger partial charge in [0.15, 0.2) is 0 Å².